The maximum Gasteiger partial charge on any atom is 0.408 e. The Bertz CT molecular complexity index is 583. The molecule has 0 aliphatic carbocycles. The van der Waals surface area contributed by atoms with E-state index >= 15 is 0 Å². The molecule has 0 aliphatic heterocycles. The minimum absolute atomic E-state index is 0.116. The standard InChI is InChI=1S/C18H27N3O4S/c1-3-7-15(17(23)20-14(16(19)22)10-11-26-2)21-18(24)25-12-13-8-5-4-6-9-13/h4-6,8-9,14-15H,3,7,10-12H2,1-2H3,(H2,19,22)(H,20,23)(H,21,24)/t14-,15?/m0/s1. The van der Waals surface area contributed by atoms with E-state index in [1.165, 1.54) is 0 Å². The highest BCUT2D eigenvalue weighted by atomic mass is 32.2. The van der Waals surface area contributed by atoms with Crippen LogP contribution in [0, 0.1) is 0 Å². The second kappa shape index (κ2) is 12.2. The number of amides is 3. The summed E-state index contributed by atoms with van der Waals surface area (Å²) < 4.78 is 5.15. The van der Waals surface area contributed by atoms with E-state index in [0.29, 0.717) is 25.0 Å². The van der Waals surface area contributed by atoms with E-state index in [0.717, 1.165) is 5.56 Å². The summed E-state index contributed by atoms with van der Waals surface area (Å²) in [5.41, 5.74) is 6.19. The van der Waals surface area contributed by atoms with Crippen molar-refractivity contribution in [1.82, 2.24) is 10.6 Å². The number of nitrogens with two attached hydrogens (primary N) is 1. The molecule has 0 spiro atoms. The van der Waals surface area contributed by atoms with Crippen LogP contribution in [-0.2, 0) is 20.9 Å². The molecular formula is C18H27N3O4S. The summed E-state index contributed by atoms with van der Waals surface area (Å²) in [6, 6.07) is 7.72. The van der Waals surface area contributed by atoms with Crippen LogP contribution >= 0.6 is 11.8 Å². The molecule has 144 valence electrons. The van der Waals surface area contributed by atoms with Gasteiger partial charge in [-0.2, -0.15) is 11.8 Å². The SMILES string of the molecule is CCCC(NC(=O)OCc1ccccc1)C(=O)N[C@@H](CCSC)C(N)=O. The fraction of sp³-hybridized carbons (Fsp3) is 0.500. The Morgan fingerprint density at radius 1 is 1.12 bits per heavy atom. The van der Waals surface area contributed by atoms with E-state index in [9.17, 15) is 14.4 Å². The van der Waals surface area contributed by atoms with Crippen molar-refractivity contribution in [2.24, 2.45) is 5.73 Å². The number of primary amides is 1. The third-order valence-electron chi connectivity index (χ3n) is 3.67. The predicted octanol–water partition coefficient (Wildman–Crippen LogP) is 1.80. The van der Waals surface area contributed by atoms with Gasteiger partial charge in [-0.05, 0) is 30.4 Å². The minimum atomic E-state index is -0.778. The molecule has 1 rings (SSSR count). The molecule has 1 unspecified atom stereocenters. The van der Waals surface area contributed by atoms with Crippen LogP contribution in [-0.4, -0.2) is 42.0 Å². The highest BCUT2D eigenvalue weighted by molar-refractivity contribution is 7.98. The van der Waals surface area contributed by atoms with Crippen LogP contribution in [0.15, 0.2) is 30.3 Å². The van der Waals surface area contributed by atoms with Gasteiger partial charge in [-0.15, -0.1) is 0 Å². The van der Waals surface area contributed by atoms with Gasteiger partial charge in [-0.25, -0.2) is 4.79 Å². The summed E-state index contributed by atoms with van der Waals surface area (Å²) >= 11 is 1.56. The molecule has 7 nitrogen and oxygen atoms in total. The Labute approximate surface area is 158 Å². The molecule has 26 heavy (non-hydrogen) atoms. The van der Waals surface area contributed by atoms with Gasteiger partial charge in [0.25, 0.3) is 0 Å². The van der Waals surface area contributed by atoms with Crippen molar-refractivity contribution in [2.45, 2.75) is 44.9 Å². The maximum absolute atomic E-state index is 12.4. The van der Waals surface area contributed by atoms with E-state index < -0.39 is 30.0 Å². The molecule has 0 heterocycles. The summed E-state index contributed by atoms with van der Waals surface area (Å²) in [5, 5.41) is 5.18. The van der Waals surface area contributed by atoms with Crippen molar-refractivity contribution in [2.75, 3.05) is 12.0 Å². The number of hydrogen-bond acceptors (Lipinski definition) is 5. The lowest BCUT2D eigenvalue weighted by atomic mass is 10.1. The van der Waals surface area contributed by atoms with Crippen molar-refractivity contribution in [3.05, 3.63) is 35.9 Å². The Hall–Kier alpha value is -2.22. The molecule has 1 aromatic rings. The van der Waals surface area contributed by atoms with Crippen molar-refractivity contribution < 1.29 is 19.1 Å². The van der Waals surface area contributed by atoms with E-state index in [4.69, 9.17) is 10.5 Å². The van der Waals surface area contributed by atoms with Crippen molar-refractivity contribution in [3.63, 3.8) is 0 Å². The molecule has 0 fully saturated rings. The molecule has 2 atom stereocenters. The van der Waals surface area contributed by atoms with Gasteiger partial charge in [0.05, 0.1) is 0 Å². The summed E-state index contributed by atoms with van der Waals surface area (Å²) in [5.74, 6) is -0.332. The van der Waals surface area contributed by atoms with Gasteiger partial charge in [-0.3, -0.25) is 9.59 Å². The highest BCUT2D eigenvalue weighted by Crippen LogP contribution is 2.05. The third-order valence-corrected chi connectivity index (χ3v) is 4.31. The number of carbonyl (C=O) groups is 3. The fourth-order valence-corrected chi connectivity index (χ4v) is 2.73. The van der Waals surface area contributed by atoms with E-state index in [1.807, 2.05) is 43.5 Å². The maximum atomic E-state index is 12.4. The molecule has 0 aliphatic rings. The lowest BCUT2D eigenvalue weighted by Crippen LogP contribution is -2.53. The Balaban J connectivity index is 2.57. The zero-order valence-corrected chi connectivity index (χ0v) is 16.0. The van der Waals surface area contributed by atoms with Gasteiger partial charge in [-0.1, -0.05) is 43.7 Å². The van der Waals surface area contributed by atoms with Crippen LogP contribution < -0.4 is 16.4 Å². The number of rotatable bonds is 11. The van der Waals surface area contributed by atoms with Crippen LogP contribution in [0.25, 0.3) is 0 Å². The molecule has 8 heteroatoms. The zero-order chi connectivity index (χ0) is 19.4. The molecule has 1 aromatic carbocycles. The van der Waals surface area contributed by atoms with Gasteiger partial charge in [0, 0.05) is 0 Å². The van der Waals surface area contributed by atoms with Crippen LogP contribution in [0.3, 0.4) is 0 Å². The topological polar surface area (TPSA) is 111 Å². The third kappa shape index (κ3) is 8.24. The molecule has 0 saturated heterocycles. The average molecular weight is 381 g/mol. The van der Waals surface area contributed by atoms with Crippen LogP contribution in [0.5, 0.6) is 0 Å². The molecule has 4 N–H and O–H groups in total. The van der Waals surface area contributed by atoms with Gasteiger partial charge < -0.3 is 21.1 Å². The number of alkyl carbamates (subject to hydrolysis) is 1. The van der Waals surface area contributed by atoms with E-state index in [-0.39, 0.29) is 6.61 Å². The summed E-state index contributed by atoms with van der Waals surface area (Å²) in [4.78, 5) is 35.9. The van der Waals surface area contributed by atoms with E-state index in [2.05, 4.69) is 10.6 Å². The number of carbonyl (C=O) groups excluding carboxylic acids is 3. The Kier molecular flexibility index (Phi) is 10.2. The fourth-order valence-electron chi connectivity index (χ4n) is 2.26. The van der Waals surface area contributed by atoms with Gasteiger partial charge in [0.2, 0.25) is 11.8 Å². The van der Waals surface area contributed by atoms with Gasteiger partial charge in [0.1, 0.15) is 18.7 Å². The van der Waals surface area contributed by atoms with Crippen molar-refractivity contribution in [3.8, 4) is 0 Å². The first kappa shape index (κ1) is 21.8. The molecule has 0 bridgehead atoms. The van der Waals surface area contributed by atoms with Crippen LogP contribution in [0.1, 0.15) is 31.7 Å². The monoisotopic (exact) mass is 381 g/mol. The number of benzene rings is 1. The highest BCUT2D eigenvalue weighted by Gasteiger charge is 2.25. The lowest BCUT2D eigenvalue weighted by molar-refractivity contribution is -0.128. The molecule has 3 amide bonds. The van der Waals surface area contributed by atoms with Crippen LogP contribution in [0.4, 0.5) is 4.79 Å². The second-order valence-electron chi connectivity index (χ2n) is 5.79. The summed E-state index contributed by atoms with van der Waals surface area (Å²) in [6.45, 7) is 2.02. The molecule has 0 aromatic heterocycles. The first-order valence-electron chi connectivity index (χ1n) is 8.53. The first-order chi connectivity index (χ1) is 12.5. The van der Waals surface area contributed by atoms with Gasteiger partial charge in [0.15, 0.2) is 0 Å². The average Bonchev–Trinajstić information content (AvgIpc) is 2.63. The Morgan fingerprint density at radius 2 is 1.81 bits per heavy atom. The second-order valence-corrected chi connectivity index (χ2v) is 6.78. The first-order valence-corrected chi connectivity index (χ1v) is 9.93. The number of nitrogens with one attached hydrogen (secondary N) is 2. The molecule has 0 saturated carbocycles. The van der Waals surface area contributed by atoms with Crippen LogP contribution in [0.2, 0.25) is 0 Å². The summed E-state index contributed by atoms with van der Waals surface area (Å²) in [7, 11) is 0. The quantitative estimate of drug-likeness (QED) is 0.541. The number of ether oxygens (including phenoxy) is 1. The van der Waals surface area contributed by atoms with Crippen molar-refractivity contribution in [1.29, 1.82) is 0 Å². The smallest absolute Gasteiger partial charge is 0.408 e. The lowest BCUT2D eigenvalue weighted by Gasteiger charge is -2.21. The number of thioether (sulfide) groups is 1. The minimum Gasteiger partial charge on any atom is -0.445 e. The Morgan fingerprint density at radius 3 is 2.38 bits per heavy atom. The predicted molar refractivity (Wildman–Crippen MR) is 103 cm³/mol. The normalized spacial score (nSPS) is 12.7. The molecule has 0 radical (unpaired) electrons. The zero-order valence-electron chi connectivity index (χ0n) is 15.2. The number of hydrogen-bond donors (Lipinski definition) is 3. The molecular weight excluding hydrogens is 354 g/mol. The van der Waals surface area contributed by atoms with Gasteiger partial charge >= 0.3 is 6.09 Å². The van der Waals surface area contributed by atoms with Crippen molar-refractivity contribution >= 4 is 29.7 Å². The van der Waals surface area contributed by atoms with E-state index in [1.54, 1.807) is 11.8 Å². The summed E-state index contributed by atoms with van der Waals surface area (Å²) in [6.07, 6.45) is 2.79. The largest absolute Gasteiger partial charge is 0.445 e.